The van der Waals surface area contributed by atoms with E-state index in [4.69, 9.17) is 5.11 Å². The summed E-state index contributed by atoms with van der Waals surface area (Å²) in [4.78, 5) is 28.7. The Bertz CT molecular complexity index is 307. The van der Waals surface area contributed by atoms with Crippen molar-refractivity contribution in [1.82, 2.24) is 14.7 Å². The van der Waals surface area contributed by atoms with Crippen LogP contribution in [0.4, 0.5) is 4.79 Å². The average molecular weight is 257 g/mol. The van der Waals surface area contributed by atoms with Crippen LogP contribution in [0, 0.1) is 5.92 Å². The van der Waals surface area contributed by atoms with E-state index in [1.54, 1.807) is 26.0 Å². The third-order valence-electron chi connectivity index (χ3n) is 3.24. The Kier molecular flexibility index (Phi) is 5.40. The molecule has 0 aromatic carbocycles. The Hall–Kier alpha value is -1.30. The molecule has 1 unspecified atom stereocenters. The lowest BCUT2D eigenvalue weighted by molar-refractivity contribution is -0.136. The number of piperidine rings is 1. The molecule has 0 aromatic heterocycles. The Morgan fingerprint density at radius 3 is 2.56 bits per heavy atom. The van der Waals surface area contributed by atoms with E-state index in [0.717, 1.165) is 12.8 Å². The number of hydrogen-bond acceptors (Lipinski definition) is 3. The molecule has 1 aliphatic rings. The van der Waals surface area contributed by atoms with Crippen molar-refractivity contribution in [3.05, 3.63) is 0 Å². The number of likely N-dealkylation sites (tertiary alicyclic amines) is 1. The summed E-state index contributed by atoms with van der Waals surface area (Å²) in [5.41, 5.74) is 0. The summed E-state index contributed by atoms with van der Waals surface area (Å²) in [5, 5.41) is 8.83. The highest BCUT2D eigenvalue weighted by Crippen LogP contribution is 2.19. The molecule has 1 atom stereocenters. The normalized spacial score (nSPS) is 19.6. The second-order valence-electron chi connectivity index (χ2n) is 4.95. The van der Waals surface area contributed by atoms with Crippen LogP contribution >= 0.6 is 0 Å². The molecule has 1 N–H and O–H groups in total. The minimum atomic E-state index is -0.140. The van der Waals surface area contributed by atoms with Crippen molar-refractivity contribution < 1.29 is 14.7 Å². The van der Waals surface area contributed by atoms with Crippen LogP contribution in [0.25, 0.3) is 0 Å². The molecule has 18 heavy (non-hydrogen) atoms. The molecule has 0 radical (unpaired) electrons. The van der Waals surface area contributed by atoms with Crippen molar-refractivity contribution >= 4 is 11.9 Å². The number of carbonyl (C=O) groups is 2. The molecule has 104 valence electrons. The number of urea groups is 1. The summed E-state index contributed by atoms with van der Waals surface area (Å²) in [6.07, 6.45) is 1.66. The quantitative estimate of drug-likeness (QED) is 0.763. The molecule has 1 aliphatic heterocycles. The summed E-state index contributed by atoms with van der Waals surface area (Å²) in [5.74, 6) is -0.125. The predicted molar refractivity (Wildman–Crippen MR) is 68.1 cm³/mol. The summed E-state index contributed by atoms with van der Waals surface area (Å²) in [7, 11) is 5.11. The second kappa shape index (κ2) is 6.58. The van der Waals surface area contributed by atoms with E-state index < -0.39 is 0 Å². The Morgan fingerprint density at radius 2 is 2.00 bits per heavy atom. The predicted octanol–water partition coefficient (Wildman–Crippen LogP) is -0.169. The van der Waals surface area contributed by atoms with E-state index in [1.807, 2.05) is 0 Å². The molecular weight excluding hydrogens is 234 g/mol. The molecule has 1 fully saturated rings. The van der Waals surface area contributed by atoms with E-state index in [9.17, 15) is 9.59 Å². The number of rotatable bonds is 3. The van der Waals surface area contributed by atoms with Crippen LogP contribution in [-0.2, 0) is 4.79 Å². The molecule has 6 nitrogen and oxygen atoms in total. The third kappa shape index (κ3) is 3.60. The molecule has 1 heterocycles. The molecule has 0 spiro atoms. The van der Waals surface area contributed by atoms with Crippen LogP contribution in [-0.4, -0.2) is 79.1 Å². The molecule has 0 aliphatic carbocycles. The number of likely N-dealkylation sites (N-methyl/N-ethyl adjacent to an activating group) is 1. The Labute approximate surface area is 108 Å². The van der Waals surface area contributed by atoms with Crippen molar-refractivity contribution in [3.63, 3.8) is 0 Å². The fourth-order valence-corrected chi connectivity index (χ4v) is 2.21. The first-order valence-electron chi connectivity index (χ1n) is 6.29. The van der Waals surface area contributed by atoms with Gasteiger partial charge >= 0.3 is 6.03 Å². The zero-order valence-corrected chi connectivity index (χ0v) is 11.4. The van der Waals surface area contributed by atoms with E-state index in [-0.39, 0.29) is 24.5 Å². The second-order valence-corrected chi connectivity index (χ2v) is 4.95. The Balaban J connectivity index is 2.58. The minimum Gasteiger partial charge on any atom is -0.395 e. The zero-order chi connectivity index (χ0) is 13.7. The number of hydrogen-bond donors (Lipinski definition) is 1. The van der Waals surface area contributed by atoms with Gasteiger partial charge in [0, 0.05) is 40.8 Å². The maximum absolute atomic E-state index is 12.1. The van der Waals surface area contributed by atoms with E-state index in [1.165, 1.54) is 9.80 Å². The topological polar surface area (TPSA) is 64.1 Å². The molecule has 1 rings (SSSR count). The van der Waals surface area contributed by atoms with Crippen molar-refractivity contribution in [2.24, 2.45) is 5.92 Å². The van der Waals surface area contributed by atoms with Crippen LogP contribution in [0.15, 0.2) is 0 Å². The van der Waals surface area contributed by atoms with Gasteiger partial charge in [0.2, 0.25) is 5.91 Å². The molecule has 3 amide bonds. The van der Waals surface area contributed by atoms with Gasteiger partial charge in [0.25, 0.3) is 0 Å². The fraction of sp³-hybridized carbons (Fsp3) is 0.833. The number of amides is 3. The number of nitrogens with zero attached hydrogens (tertiary/aromatic N) is 3. The summed E-state index contributed by atoms with van der Waals surface area (Å²) in [6, 6.07) is -0.0442. The van der Waals surface area contributed by atoms with Gasteiger partial charge in [-0.15, -0.1) is 0 Å². The van der Waals surface area contributed by atoms with E-state index in [0.29, 0.717) is 19.6 Å². The van der Waals surface area contributed by atoms with Gasteiger partial charge in [-0.3, -0.25) is 4.79 Å². The summed E-state index contributed by atoms with van der Waals surface area (Å²) in [6.45, 7) is 1.50. The molecular formula is C12H23N3O3. The highest BCUT2D eigenvalue weighted by atomic mass is 16.3. The number of carbonyl (C=O) groups excluding carboxylic acids is 2. The summed E-state index contributed by atoms with van der Waals surface area (Å²) < 4.78 is 0. The van der Waals surface area contributed by atoms with Gasteiger partial charge < -0.3 is 19.8 Å². The summed E-state index contributed by atoms with van der Waals surface area (Å²) >= 11 is 0. The van der Waals surface area contributed by atoms with Gasteiger partial charge in [0.1, 0.15) is 0 Å². The number of aliphatic hydroxyl groups excluding tert-OH is 1. The van der Waals surface area contributed by atoms with E-state index in [2.05, 4.69) is 0 Å². The van der Waals surface area contributed by atoms with Gasteiger partial charge in [-0.25, -0.2) is 4.79 Å². The standard InChI is InChI=1S/C12H23N3O3/c1-13(2)12(18)15-6-4-5-10(9-15)11(17)14(3)7-8-16/h10,16H,4-9H2,1-3H3. The van der Waals surface area contributed by atoms with E-state index >= 15 is 0 Å². The van der Waals surface area contributed by atoms with Gasteiger partial charge in [-0.05, 0) is 12.8 Å². The minimum absolute atomic E-state index is 0.0142. The molecule has 1 saturated heterocycles. The first-order chi connectivity index (χ1) is 8.47. The lowest BCUT2D eigenvalue weighted by Crippen LogP contribution is -2.49. The molecule has 0 aromatic rings. The number of aliphatic hydroxyl groups is 1. The van der Waals surface area contributed by atoms with Gasteiger partial charge in [0.15, 0.2) is 0 Å². The van der Waals surface area contributed by atoms with Crippen molar-refractivity contribution in [1.29, 1.82) is 0 Å². The zero-order valence-electron chi connectivity index (χ0n) is 11.4. The van der Waals surface area contributed by atoms with Crippen LogP contribution in [0.5, 0.6) is 0 Å². The maximum atomic E-state index is 12.1. The lowest BCUT2D eigenvalue weighted by atomic mass is 9.97. The largest absolute Gasteiger partial charge is 0.395 e. The van der Waals surface area contributed by atoms with Gasteiger partial charge in [-0.2, -0.15) is 0 Å². The van der Waals surface area contributed by atoms with Gasteiger partial charge in [0.05, 0.1) is 12.5 Å². The smallest absolute Gasteiger partial charge is 0.319 e. The monoisotopic (exact) mass is 257 g/mol. The maximum Gasteiger partial charge on any atom is 0.319 e. The van der Waals surface area contributed by atoms with Crippen LogP contribution in [0.3, 0.4) is 0 Å². The highest BCUT2D eigenvalue weighted by Gasteiger charge is 2.30. The lowest BCUT2D eigenvalue weighted by Gasteiger charge is -2.35. The first-order valence-corrected chi connectivity index (χ1v) is 6.29. The Morgan fingerprint density at radius 1 is 1.33 bits per heavy atom. The van der Waals surface area contributed by atoms with Crippen LogP contribution in [0.2, 0.25) is 0 Å². The van der Waals surface area contributed by atoms with Crippen LogP contribution < -0.4 is 0 Å². The highest BCUT2D eigenvalue weighted by molar-refractivity contribution is 5.80. The van der Waals surface area contributed by atoms with Gasteiger partial charge in [-0.1, -0.05) is 0 Å². The van der Waals surface area contributed by atoms with Crippen LogP contribution in [0.1, 0.15) is 12.8 Å². The van der Waals surface area contributed by atoms with Crippen molar-refractivity contribution in [3.8, 4) is 0 Å². The van der Waals surface area contributed by atoms with Crippen molar-refractivity contribution in [2.45, 2.75) is 12.8 Å². The van der Waals surface area contributed by atoms with Crippen molar-refractivity contribution in [2.75, 3.05) is 47.4 Å². The SMILES string of the molecule is CN(C)C(=O)N1CCCC(C(=O)N(C)CCO)C1. The molecule has 6 heteroatoms. The first kappa shape index (κ1) is 14.8. The fourth-order valence-electron chi connectivity index (χ4n) is 2.21. The third-order valence-corrected chi connectivity index (χ3v) is 3.24. The average Bonchev–Trinajstić information content (AvgIpc) is 2.37. The molecule has 0 saturated carbocycles. The molecule has 0 bridgehead atoms.